The molecular weight excluding hydrogens is 248 g/mol. The minimum absolute atomic E-state index is 0.0565. The number of carboxylic acid groups (broad SMARTS) is 1. The zero-order valence-corrected chi connectivity index (χ0v) is 11.9. The molecule has 110 valence electrons. The van der Waals surface area contributed by atoms with Crippen LogP contribution in [-0.2, 0) is 14.4 Å². The highest BCUT2D eigenvalue weighted by Gasteiger charge is 2.22. The van der Waals surface area contributed by atoms with Crippen molar-refractivity contribution < 1.29 is 19.5 Å². The molecule has 0 spiro atoms. The van der Waals surface area contributed by atoms with Gasteiger partial charge in [0.15, 0.2) is 0 Å². The summed E-state index contributed by atoms with van der Waals surface area (Å²) in [5, 5.41) is 14.1. The summed E-state index contributed by atoms with van der Waals surface area (Å²) in [6, 6.07) is -0.827. The molecule has 0 aliphatic rings. The van der Waals surface area contributed by atoms with Crippen LogP contribution in [0, 0.1) is 5.92 Å². The zero-order valence-electron chi connectivity index (χ0n) is 11.9. The number of carbonyl (C=O) groups excluding carboxylic acids is 2. The van der Waals surface area contributed by atoms with E-state index in [9.17, 15) is 14.4 Å². The molecule has 19 heavy (non-hydrogen) atoms. The van der Waals surface area contributed by atoms with E-state index >= 15 is 0 Å². The second-order valence-corrected chi connectivity index (χ2v) is 4.92. The van der Waals surface area contributed by atoms with Gasteiger partial charge in [-0.25, -0.2) is 4.79 Å². The second kappa shape index (κ2) is 9.35. The smallest absolute Gasteiger partial charge is 0.326 e. The molecule has 0 radical (unpaired) electrons. The van der Waals surface area contributed by atoms with Gasteiger partial charge >= 0.3 is 5.97 Å². The average Bonchev–Trinajstić information content (AvgIpc) is 2.29. The fourth-order valence-corrected chi connectivity index (χ4v) is 1.61. The van der Waals surface area contributed by atoms with Crippen LogP contribution in [0.2, 0.25) is 0 Å². The summed E-state index contributed by atoms with van der Waals surface area (Å²) in [4.78, 5) is 33.1. The van der Waals surface area contributed by atoms with Gasteiger partial charge in [0, 0.05) is 19.9 Å². The van der Waals surface area contributed by atoms with E-state index in [0.717, 1.165) is 12.8 Å². The minimum atomic E-state index is -1.01. The van der Waals surface area contributed by atoms with Gasteiger partial charge in [-0.15, -0.1) is 0 Å². The number of aliphatic carboxylic acids is 1. The Labute approximate surface area is 113 Å². The van der Waals surface area contributed by atoms with Gasteiger partial charge in [-0.3, -0.25) is 9.59 Å². The maximum absolute atomic E-state index is 11.6. The fourth-order valence-electron chi connectivity index (χ4n) is 1.61. The van der Waals surface area contributed by atoms with Crippen molar-refractivity contribution in [3.05, 3.63) is 0 Å². The van der Waals surface area contributed by atoms with Gasteiger partial charge in [0.25, 0.3) is 0 Å². The molecule has 0 heterocycles. The number of hydrogen-bond donors (Lipinski definition) is 3. The van der Waals surface area contributed by atoms with Crippen molar-refractivity contribution in [1.82, 2.24) is 10.6 Å². The number of amides is 2. The van der Waals surface area contributed by atoms with E-state index in [1.165, 1.54) is 6.92 Å². The fraction of sp³-hybridized carbons (Fsp3) is 0.769. The summed E-state index contributed by atoms with van der Waals surface area (Å²) in [5.41, 5.74) is 0. The van der Waals surface area contributed by atoms with Gasteiger partial charge in [-0.05, 0) is 18.8 Å². The largest absolute Gasteiger partial charge is 0.480 e. The Hall–Kier alpha value is -1.59. The summed E-state index contributed by atoms with van der Waals surface area (Å²) in [6.45, 7) is 5.59. The number of rotatable bonds is 9. The van der Waals surface area contributed by atoms with Crippen molar-refractivity contribution in [1.29, 1.82) is 0 Å². The lowest BCUT2D eigenvalue weighted by molar-refractivity contribution is -0.143. The normalized spacial score (nSPS) is 12.0. The van der Waals surface area contributed by atoms with Gasteiger partial charge in [-0.2, -0.15) is 0 Å². The predicted octanol–water partition coefficient (Wildman–Crippen LogP) is 0.908. The molecular formula is C13H24N2O4. The molecule has 0 rings (SSSR count). The number of nitrogens with one attached hydrogen (secondary N) is 2. The predicted molar refractivity (Wildman–Crippen MR) is 71.6 cm³/mol. The summed E-state index contributed by atoms with van der Waals surface area (Å²) in [6.07, 6.45) is 2.65. The SMILES string of the molecule is CC(=O)NCCCCCC(=O)N[C@@H](C(=O)O)C(C)C. The van der Waals surface area contributed by atoms with Gasteiger partial charge in [-0.1, -0.05) is 20.3 Å². The quantitative estimate of drug-likeness (QED) is 0.544. The highest BCUT2D eigenvalue weighted by atomic mass is 16.4. The molecule has 1 atom stereocenters. The Balaban J connectivity index is 3.74. The highest BCUT2D eigenvalue weighted by molar-refractivity contribution is 5.83. The number of hydrogen-bond acceptors (Lipinski definition) is 3. The van der Waals surface area contributed by atoms with Crippen molar-refractivity contribution in [2.24, 2.45) is 5.92 Å². The Morgan fingerprint density at radius 2 is 1.74 bits per heavy atom. The van der Waals surface area contributed by atoms with E-state index in [1.54, 1.807) is 13.8 Å². The van der Waals surface area contributed by atoms with Gasteiger partial charge in [0.1, 0.15) is 6.04 Å². The molecule has 0 saturated heterocycles. The van der Waals surface area contributed by atoms with E-state index < -0.39 is 12.0 Å². The molecule has 0 aromatic carbocycles. The topological polar surface area (TPSA) is 95.5 Å². The monoisotopic (exact) mass is 272 g/mol. The number of carboxylic acids is 1. The van der Waals surface area contributed by atoms with Crippen molar-refractivity contribution >= 4 is 17.8 Å². The van der Waals surface area contributed by atoms with E-state index in [1.807, 2.05) is 0 Å². The first-order chi connectivity index (χ1) is 8.84. The van der Waals surface area contributed by atoms with Crippen LogP contribution in [0.1, 0.15) is 46.5 Å². The minimum Gasteiger partial charge on any atom is -0.480 e. The molecule has 0 unspecified atom stereocenters. The first kappa shape index (κ1) is 17.4. The van der Waals surface area contributed by atoms with Crippen LogP contribution in [0.15, 0.2) is 0 Å². The van der Waals surface area contributed by atoms with Crippen LogP contribution in [0.5, 0.6) is 0 Å². The van der Waals surface area contributed by atoms with Crippen LogP contribution in [-0.4, -0.2) is 35.5 Å². The first-order valence-corrected chi connectivity index (χ1v) is 6.61. The van der Waals surface area contributed by atoms with E-state index in [0.29, 0.717) is 19.4 Å². The molecule has 6 nitrogen and oxygen atoms in total. The highest BCUT2D eigenvalue weighted by Crippen LogP contribution is 2.04. The second-order valence-electron chi connectivity index (χ2n) is 4.92. The third kappa shape index (κ3) is 9.04. The van der Waals surface area contributed by atoms with E-state index in [2.05, 4.69) is 10.6 Å². The van der Waals surface area contributed by atoms with Crippen molar-refractivity contribution in [2.45, 2.75) is 52.5 Å². The standard InChI is InChI=1S/C13H24N2O4/c1-9(2)12(13(18)19)15-11(17)7-5-4-6-8-14-10(3)16/h9,12H,4-8H2,1-3H3,(H,14,16)(H,15,17)(H,18,19)/t12-/m1/s1. The Kier molecular flexibility index (Phi) is 8.57. The molecule has 2 amide bonds. The molecule has 0 aromatic heterocycles. The Bertz CT molecular complexity index is 316. The van der Waals surface area contributed by atoms with Gasteiger partial charge in [0.2, 0.25) is 11.8 Å². The summed E-state index contributed by atoms with van der Waals surface area (Å²) in [7, 11) is 0. The van der Waals surface area contributed by atoms with Crippen LogP contribution in [0.3, 0.4) is 0 Å². The molecule has 0 bridgehead atoms. The summed E-state index contributed by atoms with van der Waals surface area (Å²) in [5.74, 6) is -1.44. The molecule has 6 heteroatoms. The molecule has 0 fully saturated rings. The summed E-state index contributed by atoms with van der Waals surface area (Å²) < 4.78 is 0. The van der Waals surface area contributed by atoms with Crippen LogP contribution >= 0.6 is 0 Å². The van der Waals surface area contributed by atoms with Crippen molar-refractivity contribution in [3.63, 3.8) is 0 Å². The van der Waals surface area contributed by atoms with Gasteiger partial charge < -0.3 is 15.7 Å². The third-order valence-electron chi connectivity index (χ3n) is 2.70. The maximum Gasteiger partial charge on any atom is 0.326 e. The molecule has 0 aliphatic heterocycles. The average molecular weight is 272 g/mol. The van der Waals surface area contributed by atoms with Crippen molar-refractivity contribution in [2.75, 3.05) is 6.54 Å². The summed E-state index contributed by atoms with van der Waals surface area (Å²) >= 11 is 0. The first-order valence-electron chi connectivity index (χ1n) is 6.61. The number of unbranched alkanes of at least 4 members (excludes halogenated alkanes) is 2. The lowest BCUT2D eigenvalue weighted by Crippen LogP contribution is -2.44. The Morgan fingerprint density at radius 3 is 2.21 bits per heavy atom. The van der Waals surface area contributed by atoms with Gasteiger partial charge in [0.05, 0.1) is 0 Å². The van der Waals surface area contributed by atoms with Crippen molar-refractivity contribution in [3.8, 4) is 0 Å². The van der Waals surface area contributed by atoms with E-state index in [4.69, 9.17) is 5.11 Å². The van der Waals surface area contributed by atoms with Crippen LogP contribution in [0.4, 0.5) is 0 Å². The maximum atomic E-state index is 11.6. The molecule has 0 saturated carbocycles. The lowest BCUT2D eigenvalue weighted by atomic mass is 10.0. The lowest BCUT2D eigenvalue weighted by Gasteiger charge is -2.17. The van der Waals surface area contributed by atoms with E-state index in [-0.39, 0.29) is 17.7 Å². The molecule has 0 aromatic rings. The molecule has 3 N–H and O–H groups in total. The van der Waals surface area contributed by atoms with Crippen LogP contribution < -0.4 is 10.6 Å². The zero-order chi connectivity index (χ0) is 14.8. The van der Waals surface area contributed by atoms with Crippen LogP contribution in [0.25, 0.3) is 0 Å². The number of carbonyl (C=O) groups is 3. The molecule has 0 aliphatic carbocycles. The third-order valence-corrected chi connectivity index (χ3v) is 2.70. The Morgan fingerprint density at radius 1 is 1.11 bits per heavy atom.